The fourth-order valence-corrected chi connectivity index (χ4v) is 1.65. The summed E-state index contributed by atoms with van der Waals surface area (Å²) in [6.45, 7) is 7.61. The van der Waals surface area contributed by atoms with Crippen molar-refractivity contribution < 1.29 is 9.59 Å². The normalized spacial score (nSPS) is 17.9. The van der Waals surface area contributed by atoms with Crippen molar-refractivity contribution in [3.05, 3.63) is 0 Å². The highest BCUT2D eigenvalue weighted by molar-refractivity contribution is 5.89. The maximum absolute atomic E-state index is 11.9. The molecule has 112 valence electrons. The van der Waals surface area contributed by atoms with Gasteiger partial charge in [0.1, 0.15) is 6.04 Å². The molecule has 2 amide bonds. The summed E-state index contributed by atoms with van der Waals surface area (Å²) < 4.78 is 0. The summed E-state index contributed by atoms with van der Waals surface area (Å²) in [5.74, 6) is 0.236. The van der Waals surface area contributed by atoms with Gasteiger partial charge in [0.05, 0.1) is 0 Å². The van der Waals surface area contributed by atoms with Crippen LogP contribution in [0.25, 0.3) is 0 Å². The number of hydrogen-bond acceptors (Lipinski definition) is 3. The Morgan fingerprint density at radius 1 is 1.26 bits per heavy atom. The lowest BCUT2D eigenvalue weighted by Gasteiger charge is -2.23. The first kappa shape index (κ1) is 18.2. The molecule has 1 aliphatic rings. The topological polar surface area (TPSA) is 84.2 Å². The highest BCUT2D eigenvalue weighted by Crippen LogP contribution is 2.32. The Balaban J connectivity index is 0.00000324. The van der Waals surface area contributed by atoms with Gasteiger partial charge >= 0.3 is 0 Å². The van der Waals surface area contributed by atoms with Gasteiger partial charge in [-0.25, -0.2) is 0 Å². The number of halogens is 1. The maximum Gasteiger partial charge on any atom is 0.242 e. The van der Waals surface area contributed by atoms with E-state index in [0.29, 0.717) is 12.5 Å². The van der Waals surface area contributed by atoms with Crippen LogP contribution in [0.2, 0.25) is 0 Å². The van der Waals surface area contributed by atoms with Crippen molar-refractivity contribution in [2.45, 2.75) is 52.6 Å². The molecule has 1 aliphatic carbocycles. The molecule has 0 heterocycles. The SMILES string of the molecule is CC(NC(=O)C(C)(C)C)C(=O)NC(CN)C1CC1.Cl. The van der Waals surface area contributed by atoms with Crippen molar-refractivity contribution in [2.75, 3.05) is 6.54 Å². The minimum atomic E-state index is -0.524. The first-order valence-electron chi connectivity index (χ1n) is 6.57. The van der Waals surface area contributed by atoms with E-state index in [9.17, 15) is 9.59 Å². The molecule has 5 nitrogen and oxygen atoms in total. The smallest absolute Gasteiger partial charge is 0.242 e. The predicted octanol–water partition coefficient (Wildman–Crippen LogP) is 0.812. The van der Waals surface area contributed by atoms with Crippen molar-refractivity contribution in [3.63, 3.8) is 0 Å². The Labute approximate surface area is 121 Å². The first-order valence-corrected chi connectivity index (χ1v) is 6.57. The summed E-state index contributed by atoms with van der Waals surface area (Å²) >= 11 is 0. The Morgan fingerprint density at radius 2 is 1.79 bits per heavy atom. The molecule has 2 unspecified atom stereocenters. The quantitative estimate of drug-likeness (QED) is 0.701. The van der Waals surface area contributed by atoms with E-state index in [1.54, 1.807) is 6.92 Å². The van der Waals surface area contributed by atoms with Gasteiger partial charge in [-0.1, -0.05) is 20.8 Å². The minimum Gasteiger partial charge on any atom is -0.350 e. The molecule has 19 heavy (non-hydrogen) atoms. The average molecular weight is 292 g/mol. The lowest BCUT2D eigenvalue weighted by atomic mass is 9.95. The second-order valence-corrected chi connectivity index (χ2v) is 6.13. The van der Waals surface area contributed by atoms with E-state index in [0.717, 1.165) is 12.8 Å². The lowest BCUT2D eigenvalue weighted by molar-refractivity contribution is -0.133. The van der Waals surface area contributed by atoms with Crippen LogP contribution in [0.1, 0.15) is 40.5 Å². The van der Waals surface area contributed by atoms with Gasteiger partial charge in [0, 0.05) is 18.0 Å². The fraction of sp³-hybridized carbons (Fsp3) is 0.846. The van der Waals surface area contributed by atoms with E-state index in [2.05, 4.69) is 10.6 Å². The van der Waals surface area contributed by atoms with Crippen LogP contribution in [0.4, 0.5) is 0 Å². The van der Waals surface area contributed by atoms with Gasteiger partial charge in [0.25, 0.3) is 0 Å². The summed E-state index contributed by atoms with van der Waals surface area (Å²) in [4.78, 5) is 23.7. The first-order chi connectivity index (χ1) is 8.25. The van der Waals surface area contributed by atoms with E-state index in [-0.39, 0.29) is 30.3 Å². The molecule has 0 saturated heterocycles. The Kier molecular flexibility index (Phi) is 6.80. The van der Waals surface area contributed by atoms with Crippen molar-refractivity contribution in [1.29, 1.82) is 0 Å². The van der Waals surface area contributed by atoms with E-state index in [4.69, 9.17) is 5.73 Å². The van der Waals surface area contributed by atoms with E-state index in [1.165, 1.54) is 0 Å². The number of nitrogens with two attached hydrogens (primary N) is 1. The molecular weight excluding hydrogens is 266 g/mol. The monoisotopic (exact) mass is 291 g/mol. The molecule has 0 aliphatic heterocycles. The van der Waals surface area contributed by atoms with Gasteiger partial charge in [-0.05, 0) is 25.7 Å². The van der Waals surface area contributed by atoms with Crippen LogP contribution in [-0.4, -0.2) is 30.4 Å². The van der Waals surface area contributed by atoms with Gasteiger partial charge in [-0.15, -0.1) is 12.4 Å². The molecule has 0 radical (unpaired) electrons. The largest absolute Gasteiger partial charge is 0.350 e. The fourth-order valence-electron chi connectivity index (χ4n) is 1.65. The molecule has 1 fully saturated rings. The summed E-state index contributed by atoms with van der Waals surface area (Å²) in [7, 11) is 0. The summed E-state index contributed by atoms with van der Waals surface area (Å²) in [6.07, 6.45) is 2.26. The highest BCUT2D eigenvalue weighted by atomic mass is 35.5. The van der Waals surface area contributed by atoms with Crippen LogP contribution in [-0.2, 0) is 9.59 Å². The molecule has 4 N–H and O–H groups in total. The molecule has 0 spiro atoms. The van der Waals surface area contributed by atoms with E-state index < -0.39 is 11.5 Å². The third-order valence-electron chi connectivity index (χ3n) is 3.19. The molecule has 1 saturated carbocycles. The Morgan fingerprint density at radius 3 is 2.16 bits per heavy atom. The van der Waals surface area contributed by atoms with Gasteiger partial charge < -0.3 is 16.4 Å². The molecule has 0 aromatic heterocycles. The van der Waals surface area contributed by atoms with Gasteiger partial charge in [0.2, 0.25) is 11.8 Å². The van der Waals surface area contributed by atoms with Gasteiger partial charge in [-0.3, -0.25) is 9.59 Å². The highest BCUT2D eigenvalue weighted by Gasteiger charge is 2.32. The minimum absolute atomic E-state index is 0. The molecular formula is C13H26ClN3O2. The number of carbonyl (C=O) groups is 2. The number of rotatable bonds is 5. The number of hydrogen-bond donors (Lipinski definition) is 3. The molecule has 6 heteroatoms. The second kappa shape index (κ2) is 7.10. The molecule has 0 aromatic carbocycles. The van der Waals surface area contributed by atoms with Crippen LogP contribution in [0.5, 0.6) is 0 Å². The van der Waals surface area contributed by atoms with Gasteiger partial charge in [0.15, 0.2) is 0 Å². The van der Waals surface area contributed by atoms with E-state index >= 15 is 0 Å². The Hall–Kier alpha value is -0.810. The molecule has 0 aromatic rings. The predicted molar refractivity (Wildman–Crippen MR) is 78.0 cm³/mol. The lowest BCUT2D eigenvalue weighted by Crippen LogP contribution is -2.52. The van der Waals surface area contributed by atoms with Gasteiger partial charge in [-0.2, -0.15) is 0 Å². The third kappa shape index (κ3) is 5.78. The molecule has 0 bridgehead atoms. The summed E-state index contributed by atoms with van der Waals surface area (Å²) in [6, 6.07) is -0.476. The average Bonchev–Trinajstić information content (AvgIpc) is 3.07. The van der Waals surface area contributed by atoms with Crippen LogP contribution in [0.3, 0.4) is 0 Å². The van der Waals surface area contributed by atoms with Crippen LogP contribution >= 0.6 is 12.4 Å². The van der Waals surface area contributed by atoms with Crippen LogP contribution in [0, 0.1) is 11.3 Å². The van der Waals surface area contributed by atoms with E-state index in [1.807, 2.05) is 20.8 Å². The molecule has 1 rings (SSSR count). The number of amides is 2. The van der Waals surface area contributed by atoms with Crippen molar-refractivity contribution >= 4 is 24.2 Å². The van der Waals surface area contributed by atoms with Crippen LogP contribution < -0.4 is 16.4 Å². The third-order valence-corrected chi connectivity index (χ3v) is 3.19. The zero-order chi connectivity index (χ0) is 13.9. The number of nitrogens with one attached hydrogen (secondary N) is 2. The van der Waals surface area contributed by atoms with Crippen molar-refractivity contribution in [2.24, 2.45) is 17.1 Å². The maximum atomic E-state index is 11.9. The standard InChI is InChI=1S/C13H25N3O2.ClH/c1-8(15-12(18)13(2,3)4)11(17)16-10(7-14)9-5-6-9;/h8-10H,5-7,14H2,1-4H3,(H,15,18)(H,16,17);1H. The summed E-state index contributed by atoms with van der Waals surface area (Å²) in [5, 5.41) is 5.62. The summed E-state index contributed by atoms with van der Waals surface area (Å²) in [5.41, 5.74) is 5.14. The number of carbonyl (C=O) groups excluding carboxylic acids is 2. The second-order valence-electron chi connectivity index (χ2n) is 6.13. The molecule has 2 atom stereocenters. The van der Waals surface area contributed by atoms with Crippen LogP contribution in [0.15, 0.2) is 0 Å². The van der Waals surface area contributed by atoms with Crippen molar-refractivity contribution in [1.82, 2.24) is 10.6 Å². The zero-order valence-electron chi connectivity index (χ0n) is 12.2. The Bertz CT molecular complexity index is 324. The zero-order valence-corrected chi connectivity index (χ0v) is 13.0. The van der Waals surface area contributed by atoms with Crippen molar-refractivity contribution in [3.8, 4) is 0 Å².